The van der Waals surface area contributed by atoms with Crippen LogP contribution in [0.25, 0.3) is 0 Å². The van der Waals surface area contributed by atoms with E-state index in [2.05, 4.69) is 59.7 Å². The Balaban J connectivity index is 1.72. The first kappa shape index (κ1) is 13.6. The third kappa shape index (κ3) is 3.37. The molecule has 1 aliphatic rings. The van der Waals surface area contributed by atoms with E-state index in [0.717, 1.165) is 22.5 Å². The van der Waals surface area contributed by atoms with Gasteiger partial charge >= 0.3 is 0 Å². The summed E-state index contributed by atoms with van der Waals surface area (Å²) in [5.74, 6) is 1.37. The van der Waals surface area contributed by atoms with Crippen molar-refractivity contribution in [1.29, 1.82) is 0 Å². The number of anilines is 1. The van der Waals surface area contributed by atoms with Gasteiger partial charge in [-0.3, -0.25) is 0 Å². The minimum atomic E-state index is 0.385. The summed E-state index contributed by atoms with van der Waals surface area (Å²) in [6.07, 6.45) is 3.63. The molecule has 4 heteroatoms. The molecule has 20 heavy (non-hydrogen) atoms. The lowest BCUT2D eigenvalue weighted by Gasteiger charge is -2.17. The van der Waals surface area contributed by atoms with Crippen molar-refractivity contribution in [3.8, 4) is 0 Å². The standard InChI is InChI=1S/C16H21N3S/c1-11(2)10-14-18-19-16(20-14)17-15(13-8-9-13)12-6-4-3-5-7-12/h3-7,11,13,15H,8-10H2,1-2H3,(H,17,19). The van der Waals surface area contributed by atoms with Crippen LogP contribution in [0.4, 0.5) is 5.13 Å². The second-order valence-electron chi connectivity index (χ2n) is 5.97. The van der Waals surface area contributed by atoms with E-state index in [1.807, 2.05) is 0 Å². The zero-order valence-electron chi connectivity index (χ0n) is 12.0. The molecule has 0 saturated heterocycles. The average Bonchev–Trinajstić information content (AvgIpc) is 3.18. The molecule has 0 amide bonds. The highest BCUT2D eigenvalue weighted by Gasteiger charge is 2.32. The third-order valence-electron chi connectivity index (χ3n) is 3.58. The maximum Gasteiger partial charge on any atom is 0.206 e. The largest absolute Gasteiger partial charge is 0.353 e. The normalized spacial score (nSPS) is 16.4. The number of nitrogens with one attached hydrogen (secondary N) is 1. The van der Waals surface area contributed by atoms with Crippen LogP contribution in [0, 0.1) is 11.8 Å². The Kier molecular flexibility index (Phi) is 4.01. The van der Waals surface area contributed by atoms with Crippen LogP contribution in [0.5, 0.6) is 0 Å². The second kappa shape index (κ2) is 5.92. The highest BCUT2D eigenvalue weighted by Crippen LogP contribution is 2.43. The summed E-state index contributed by atoms with van der Waals surface area (Å²) in [6.45, 7) is 4.43. The van der Waals surface area contributed by atoms with Crippen LogP contribution >= 0.6 is 11.3 Å². The summed E-state index contributed by atoms with van der Waals surface area (Å²) in [5.41, 5.74) is 1.36. The summed E-state index contributed by atoms with van der Waals surface area (Å²) in [5, 5.41) is 14.3. The van der Waals surface area contributed by atoms with Crippen LogP contribution in [-0.4, -0.2) is 10.2 Å². The van der Waals surface area contributed by atoms with Crippen molar-refractivity contribution in [1.82, 2.24) is 10.2 Å². The molecule has 1 heterocycles. The Morgan fingerprint density at radius 2 is 1.95 bits per heavy atom. The molecule has 0 spiro atoms. The van der Waals surface area contributed by atoms with Crippen molar-refractivity contribution in [2.24, 2.45) is 11.8 Å². The summed E-state index contributed by atoms with van der Waals surface area (Å²) >= 11 is 1.70. The van der Waals surface area contributed by atoms with Gasteiger partial charge in [-0.1, -0.05) is 55.5 Å². The van der Waals surface area contributed by atoms with Crippen molar-refractivity contribution in [2.45, 2.75) is 39.2 Å². The number of rotatable bonds is 6. The molecule has 106 valence electrons. The number of benzene rings is 1. The minimum Gasteiger partial charge on any atom is -0.353 e. The lowest BCUT2D eigenvalue weighted by molar-refractivity contribution is 0.639. The Morgan fingerprint density at radius 1 is 1.20 bits per heavy atom. The molecule has 1 aliphatic carbocycles. The quantitative estimate of drug-likeness (QED) is 0.860. The first-order valence-electron chi connectivity index (χ1n) is 7.36. The van der Waals surface area contributed by atoms with E-state index in [-0.39, 0.29) is 0 Å². The molecular formula is C16H21N3S. The topological polar surface area (TPSA) is 37.8 Å². The van der Waals surface area contributed by atoms with Gasteiger partial charge in [0, 0.05) is 6.42 Å². The Hall–Kier alpha value is -1.42. The van der Waals surface area contributed by atoms with Gasteiger partial charge < -0.3 is 5.32 Å². The zero-order chi connectivity index (χ0) is 13.9. The average molecular weight is 287 g/mol. The minimum absolute atomic E-state index is 0.385. The van der Waals surface area contributed by atoms with Gasteiger partial charge in [0.25, 0.3) is 0 Å². The lowest BCUT2D eigenvalue weighted by Crippen LogP contribution is -2.12. The molecular weight excluding hydrogens is 266 g/mol. The molecule has 0 aliphatic heterocycles. The molecule has 2 aromatic rings. The maximum atomic E-state index is 4.30. The summed E-state index contributed by atoms with van der Waals surface area (Å²) in [6, 6.07) is 11.1. The van der Waals surface area contributed by atoms with Crippen molar-refractivity contribution in [2.75, 3.05) is 5.32 Å². The van der Waals surface area contributed by atoms with Gasteiger partial charge in [-0.25, -0.2) is 0 Å². The van der Waals surface area contributed by atoms with Gasteiger partial charge in [-0.2, -0.15) is 0 Å². The monoisotopic (exact) mass is 287 g/mol. The van der Waals surface area contributed by atoms with Crippen molar-refractivity contribution < 1.29 is 0 Å². The molecule has 3 rings (SSSR count). The summed E-state index contributed by atoms with van der Waals surface area (Å²) < 4.78 is 0. The molecule has 1 aromatic carbocycles. The zero-order valence-corrected chi connectivity index (χ0v) is 12.9. The van der Waals surface area contributed by atoms with Crippen LogP contribution in [0.2, 0.25) is 0 Å². The van der Waals surface area contributed by atoms with E-state index >= 15 is 0 Å². The Bertz CT molecular complexity index is 546. The van der Waals surface area contributed by atoms with Crippen LogP contribution in [-0.2, 0) is 6.42 Å². The number of aromatic nitrogens is 2. The van der Waals surface area contributed by atoms with Crippen LogP contribution in [0.1, 0.15) is 43.3 Å². The molecule has 1 N–H and O–H groups in total. The van der Waals surface area contributed by atoms with Crippen LogP contribution in [0.3, 0.4) is 0 Å². The van der Waals surface area contributed by atoms with E-state index in [9.17, 15) is 0 Å². The highest BCUT2D eigenvalue weighted by molar-refractivity contribution is 7.15. The highest BCUT2D eigenvalue weighted by atomic mass is 32.1. The van der Waals surface area contributed by atoms with E-state index in [0.29, 0.717) is 12.0 Å². The molecule has 3 nitrogen and oxygen atoms in total. The Labute approximate surface area is 124 Å². The van der Waals surface area contributed by atoms with Crippen molar-refractivity contribution in [3.05, 3.63) is 40.9 Å². The predicted molar refractivity (Wildman–Crippen MR) is 84.0 cm³/mol. The second-order valence-corrected chi connectivity index (χ2v) is 7.03. The molecule has 1 atom stereocenters. The molecule has 1 unspecified atom stereocenters. The maximum absolute atomic E-state index is 4.30. The SMILES string of the molecule is CC(C)Cc1nnc(NC(c2ccccc2)C2CC2)s1. The molecule has 1 saturated carbocycles. The molecule has 0 radical (unpaired) electrons. The van der Waals surface area contributed by atoms with E-state index < -0.39 is 0 Å². The van der Waals surface area contributed by atoms with E-state index in [4.69, 9.17) is 0 Å². The fourth-order valence-corrected chi connectivity index (χ4v) is 3.43. The lowest BCUT2D eigenvalue weighted by atomic mass is 10.0. The van der Waals surface area contributed by atoms with Gasteiger partial charge in [-0.05, 0) is 30.2 Å². The van der Waals surface area contributed by atoms with E-state index in [1.54, 1.807) is 11.3 Å². The molecule has 1 aromatic heterocycles. The first-order chi connectivity index (χ1) is 9.72. The van der Waals surface area contributed by atoms with Gasteiger partial charge in [0.1, 0.15) is 5.01 Å². The summed E-state index contributed by atoms with van der Waals surface area (Å²) in [7, 11) is 0. The smallest absolute Gasteiger partial charge is 0.206 e. The number of nitrogens with zero attached hydrogens (tertiary/aromatic N) is 2. The van der Waals surface area contributed by atoms with Crippen LogP contribution < -0.4 is 5.32 Å². The van der Waals surface area contributed by atoms with Crippen LogP contribution in [0.15, 0.2) is 30.3 Å². The first-order valence-corrected chi connectivity index (χ1v) is 8.18. The third-order valence-corrected chi connectivity index (χ3v) is 4.46. The van der Waals surface area contributed by atoms with Gasteiger partial charge in [0.15, 0.2) is 0 Å². The van der Waals surface area contributed by atoms with Gasteiger partial charge in [-0.15, -0.1) is 10.2 Å². The van der Waals surface area contributed by atoms with Gasteiger partial charge in [0.2, 0.25) is 5.13 Å². The number of hydrogen-bond donors (Lipinski definition) is 1. The Morgan fingerprint density at radius 3 is 2.60 bits per heavy atom. The fourth-order valence-electron chi connectivity index (χ4n) is 2.44. The van der Waals surface area contributed by atoms with E-state index in [1.165, 1.54) is 18.4 Å². The predicted octanol–water partition coefficient (Wildman–Crippen LogP) is 4.30. The molecule has 0 bridgehead atoms. The van der Waals surface area contributed by atoms with Crippen molar-refractivity contribution >= 4 is 16.5 Å². The number of hydrogen-bond acceptors (Lipinski definition) is 4. The molecule has 1 fully saturated rings. The van der Waals surface area contributed by atoms with Crippen molar-refractivity contribution in [3.63, 3.8) is 0 Å². The fraction of sp³-hybridized carbons (Fsp3) is 0.500. The van der Waals surface area contributed by atoms with Gasteiger partial charge in [0.05, 0.1) is 6.04 Å². The summed E-state index contributed by atoms with van der Waals surface area (Å²) in [4.78, 5) is 0.